The SMILES string of the molecule is CC(C)c1cccc(C(C)C)c1N1[CH-]N(c2ccccc2OCCc2ccccn2)CC1.[Cl][Ru]([Cl])=[CH]c1ccccc1. The molecule has 0 saturated carbocycles. The molecule has 0 aliphatic carbocycles. The van der Waals surface area contributed by atoms with E-state index in [9.17, 15) is 0 Å². The number of benzene rings is 3. The molecule has 42 heavy (non-hydrogen) atoms. The summed E-state index contributed by atoms with van der Waals surface area (Å²) in [7, 11) is 11.3. The van der Waals surface area contributed by atoms with Crippen molar-refractivity contribution >= 4 is 35.4 Å². The molecular formula is C35H40Cl2N3ORu-. The average Bonchev–Trinajstić information content (AvgIpc) is 3.48. The van der Waals surface area contributed by atoms with Gasteiger partial charge in [-0.25, -0.2) is 0 Å². The molecule has 0 radical (unpaired) electrons. The Morgan fingerprint density at radius 2 is 1.45 bits per heavy atom. The van der Waals surface area contributed by atoms with Crippen LogP contribution in [0.25, 0.3) is 0 Å². The molecule has 4 aromatic rings. The second-order valence-electron chi connectivity index (χ2n) is 10.7. The molecule has 0 unspecified atom stereocenters. The van der Waals surface area contributed by atoms with Crippen molar-refractivity contribution in [2.45, 2.75) is 46.0 Å². The van der Waals surface area contributed by atoms with E-state index in [1.807, 2.05) is 65.4 Å². The fraction of sp³-hybridized carbons (Fsp3) is 0.286. The molecule has 0 spiro atoms. The van der Waals surface area contributed by atoms with Crippen LogP contribution in [0.15, 0.2) is 97.2 Å². The first-order valence-corrected chi connectivity index (χ1v) is 19.8. The molecule has 1 aromatic heterocycles. The molecule has 0 N–H and O–H groups in total. The third kappa shape index (κ3) is 9.14. The van der Waals surface area contributed by atoms with Crippen molar-refractivity contribution in [2.75, 3.05) is 29.5 Å². The van der Waals surface area contributed by atoms with E-state index in [4.69, 9.17) is 24.1 Å². The summed E-state index contributed by atoms with van der Waals surface area (Å²) >= 11 is -1.61. The van der Waals surface area contributed by atoms with E-state index in [0.717, 1.165) is 42.2 Å². The van der Waals surface area contributed by atoms with Gasteiger partial charge in [0.1, 0.15) is 5.75 Å². The third-order valence-corrected chi connectivity index (χ3v) is 8.87. The minimum atomic E-state index is -1.61. The Bertz CT molecular complexity index is 1400. The van der Waals surface area contributed by atoms with Crippen LogP contribution in [-0.2, 0) is 19.9 Å². The number of nitrogens with zero attached hydrogens (tertiary/aromatic N) is 3. The van der Waals surface area contributed by atoms with E-state index in [1.165, 1.54) is 16.8 Å². The molecule has 7 heteroatoms. The summed E-state index contributed by atoms with van der Waals surface area (Å²) in [5.74, 6) is 1.88. The summed E-state index contributed by atoms with van der Waals surface area (Å²) in [4.78, 5) is 9.14. The van der Waals surface area contributed by atoms with Gasteiger partial charge < -0.3 is 14.5 Å². The molecule has 1 saturated heterocycles. The molecule has 3 aromatic carbocycles. The second-order valence-corrected chi connectivity index (χ2v) is 16.4. The number of hydrogen-bond donors (Lipinski definition) is 0. The van der Waals surface area contributed by atoms with Gasteiger partial charge in [-0.15, -0.1) is 0 Å². The molecule has 2 heterocycles. The van der Waals surface area contributed by atoms with Crippen molar-refractivity contribution in [3.63, 3.8) is 0 Å². The van der Waals surface area contributed by atoms with E-state index < -0.39 is 13.5 Å². The van der Waals surface area contributed by atoms with Gasteiger partial charge in [0.25, 0.3) is 0 Å². The number of ether oxygens (including phenoxy) is 1. The van der Waals surface area contributed by atoms with Gasteiger partial charge in [-0.1, -0.05) is 64.1 Å². The topological polar surface area (TPSA) is 28.6 Å². The summed E-state index contributed by atoms with van der Waals surface area (Å²) in [6.07, 6.45) is 2.63. The summed E-state index contributed by atoms with van der Waals surface area (Å²) in [5, 5.41) is 0. The summed E-state index contributed by atoms with van der Waals surface area (Å²) in [6, 6.07) is 31.0. The number of aromatic nitrogens is 1. The Balaban J connectivity index is 0.000000343. The van der Waals surface area contributed by atoms with Crippen molar-refractivity contribution in [1.29, 1.82) is 0 Å². The normalized spacial score (nSPS) is 13.2. The van der Waals surface area contributed by atoms with Gasteiger partial charge in [0.05, 0.1) is 12.3 Å². The Labute approximate surface area is 264 Å². The number of para-hydroxylation sites is 3. The minimum absolute atomic E-state index is 0.480. The first-order valence-electron chi connectivity index (χ1n) is 14.3. The standard InChI is InChI=1S/C28H34N3O.C7H6.2ClH.Ru/c1-21(2)24-11-9-12-25(22(3)4)28(24)31-18-17-30(20-31)26-13-5-6-14-27(26)32-19-15-23-10-7-8-16-29-23;1-7-5-3-2-4-6-7;;;/h5-14,16,20-22H,15,17-19H2,1-4H3;1-6H;2*1H;/q-1;;;;+2/p-2. The van der Waals surface area contributed by atoms with Crippen molar-refractivity contribution in [3.05, 3.63) is 126 Å². The molecule has 1 fully saturated rings. The van der Waals surface area contributed by atoms with Gasteiger partial charge in [0, 0.05) is 37.1 Å². The Morgan fingerprint density at radius 3 is 2.10 bits per heavy atom. The van der Waals surface area contributed by atoms with Gasteiger partial charge in [-0.05, 0) is 47.2 Å². The molecule has 0 bridgehead atoms. The predicted octanol–water partition coefficient (Wildman–Crippen LogP) is 9.16. The van der Waals surface area contributed by atoms with Gasteiger partial charge in [0.15, 0.2) is 0 Å². The van der Waals surface area contributed by atoms with Crippen LogP contribution < -0.4 is 14.5 Å². The molecular weight excluding hydrogens is 650 g/mol. The fourth-order valence-electron chi connectivity index (χ4n) is 4.93. The predicted molar refractivity (Wildman–Crippen MR) is 177 cm³/mol. The molecule has 1 aliphatic rings. The van der Waals surface area contributed by atoms with E-state index in [-0.39, 0.29) is 0 Å². The van der Waals surface area contributed by atoms with Gasteiger partial charge in [-0.3, -0.25) is 4.98 Å². The Morgan fingerprint density at radius 1 is 0.810 bits per heavy atom. The van der Waals surface area contributed by atoms with Crippen LogP contribution in [0.5, 0.6) is 5.75 Å². The maximum absolute atomic E-state index is 6.20. The van der Waals surface area contributed by atoms with Crippen LogP contribution in [0, 0.1) is 6.67 Å². The van der Waals surface area contributed by atoms with Gasteiger partial charge >= 0.3 is 73.4 Å². The number of pyridine rings is 1. The zero-order valence-electron chi connectivity index (χ0n) is 24.7. The summed E-state index contributed by atoms with van der Waals surface area (Å²) in [5.41, 5.74) is 7.47. The molecule has 4 nitrogen and oxygen atoms in total. The number of anilines is 2. The Kier molecular flexibility index (Phi) is 12.4. The summed E-state index contributed by atoms with van der Waals surface area (Å²) in [6.45, 7) is 13.9. The molecule has 0 atom stereocenters. The molecule has 224 valence electrons. The maximum atomic E-state index is 6.20. The molecule has 1 aliphatic heterocycles. The van der Waals surface area contributed by atoms with Crippen LogP contribution in [0.3, 0.4) is 0 Å². The molecule has 5 rings (SSSR count). The summed E-state index contributed by atoms with van der Waals surface area (Å²) < 4.78 is 8.12. The fourth-order valence-corrected chi connectivity index (χ4v) is 6.76. The molecule has 0 amide bonds. The van der Waals surface area contributed by atoms with Gasteiger partial charge in [0.2, 0.25) is 0 Å². The van der Waals surface area contributed by atoms with Gasteiger partial charge in [-0.2, -0.15) is 6.67 Å². The van der Waals surface area contributed by atoms with Crippen LogP contribution in [0.4, 0.5) is 11.4 Å². The Hall–Kier alpha value is -2.72. The quantitative estimate of drug-likeness (QED) is 0.129. The monoisotopic (exact) mass is 690 g/mol. The zero-order valence-corrected chi connectivity index (χ0v) is 28.0. The number of halogens is 2. The van der Waals surface area contributed by atoms with Crippen LogP contribution in [-0.4, -0.2) is 29.3 Å². The van der Waals surface area contributed by atoms with E-state index in [1.54, 1.807) is 0 Å². The van der Waals surface area contributed by atoms with E-state index in [2.05, 4.69) is 85.5 Å². The van der Waals surface area contributed by atoms with Crippen molar-refractivity contribution in [2.24, 2.45) is 0 Å². The van der Waals surface area contributed by atoms with Crippen LogP contribution >= 0.6 is 19.4 Å². The van der Waals surface area contributed by atoms with Crippen molar-refractivity contribution in [3.8, 4) is 5.75 Å². The van der Waals surface area contributed by atoms with Crippen LogP contribution in [0.2, 0.25) is 0 Å². The van der Waals surface area contributed by atoms with Crippen molar-refractivity contribution in [1.82, 2.24) is 4.98 Å². The third-order valence-electron chi connectivity index (χ3n) is 7.00. The average molecular weight is 691 g/mol. The second kappa shape index (κ2) is 16.2. The van der Waals surface area contributed by atoms with Crippen molar-refractivity contribution < 1.29 is 18.3 Å². The number of rotatable bonds is 9. The number of hydrogen-bond acceptors (Lipinski definition) is 4. The zero-order chi connectivity index (χ0) is 29.9. The first-order chi connectivity index (χ1) is 20.3. The van der Waals surface area contributed by atoms with E-state index >= 15 is 0 Å². The first kappa shape index (κ1) is 32.2. The van der Waals surface area contributed by atoms with Crippen LogP contribution in [0.1, 0.15) is 61.9 Å². The van der Waals surface area contributed by atoms with E-state index in [0.29, 0.717) is 18.4 Å².